The van der Waals surface area contributed by atoms with Gasteiger partial charge in [-0.2, -0.15) is 0 Å². The first-order valence-corrected chi connectivity index (χ1v) is 19.7. The number of nitrogens with zero attached hydrogens (tertiary/aromatic N) is 3. The summed E-state index contributed by atoms with van der Waals surface area (Å²) in [5, 5.41) is 8.44. The number of para-hydroxylation sites is 1. The van der Waals surface area contributed by atoms with Crippen LogP contribution in [-0.2, 0) is 0 Å². The number of hydrogen-bond donors (Lipinski definition) is 0. The van der Waals surface area contributed by atoms with Gasteiger partial charge in [0.1, 0.15) is 0 Å². The van der Waals surface area contributed by atoms with Crippen molar-refractivity contribution >= 4 is 81.0 Å². The molecule has 0 radical (unpaired) electrons. The topological polar surface area (TPSA) is 29.0 Å². The Kier molecular flexibility index (Phi) is 7.68. The zero-order valence-corrected chi connectivity index (χ0v) is 31.1. The molecule has 11 aromatic rings. The fraction of sp³-hybridized carbons (Fsp3) is 0. The van der Waals surface area contributed by atoms with Crippen LogP contribution in [0, 0.1) is 0 Å². The third-order valence-corrected chi connectivity index (χ3v) is 11.9. The van der Waals surface area contributed by atoms with Gasteiger partial charge in [-0.1, -0.05) is 158 Å². The van der Waals surface area contributed by atoms with Crippen LogP contribution in [0.2, 0.25) is 0 Å². The molecule has 0 atom stereocenters. The number of hydrogen-bond acceptors (Lipinski definition) is 4. The number of fused-ring (bicyclic) bond motifs is 7. The van der Waals surface area contributed by atoms with Gasteiger partial charge in [0.2, 0.25) is 0 Å². The molecule has 11 rings (SSSR count). The highest BCUT2D eigenvalue weighted by Gasteiger charge is 2.21. The molecule has 0 spiro atoms. The van der Waals surface area contributed by atoms with E-state index in [0.717, 1.165) is 50.6 Å². The molecular weight excluding hydrogens is 699 g/mol. The van der Waals surface area contributed by atoms with Crippen molar-refractivity contribution in [3.8, 4) is 33.8 Å². The summed E-state index contributed by atoms with van der Waals surface area (Å²) in [7, 11) is 0. The maximum atomic E-state index is 5.19. The second kappa shape index (κ2) is 13.3. The van der Waals surface area contributed by atoms with E-state index in [1.165, 1.54) is 52.8 Å². The lowest BCUT2D eigenvalue weighted by molar-refractivity contribution is 1.23. The number of rotatable bonds is 6. The largest absolute Gasteiger partial charge is 0.310 e. The van der Waals surface area contributed by atoms with Crippen molar-refractivity contribution in [1.29, 1.82) is 0 Å². The monoisotopic (exact) mass is 731 g/mol. The van der Waals surface area contributed by atoms with Crippen LogP contribution in [0.5, 0.6) is 0 Å². The summed E-state index contributed by atoms with van der Waals surface area (Å²) >= 11 is 1.83. The molecule has 2 heterocycles. The molecule has 9 aromatic carbocycles. The van der Waals surface area contributed by atoms with Crippen molar-refractivity contribution in [3.05, 3.63) is 200 Å². The van der Waals surface area contributed by atoms with Crippen LogP contribution in [0.3, 0.4) is 0 Å². The third kappa shape index (κ3) is 5.50. The first-order chi connectivity index (χ1) is 27.7. The van der Waals surface area contributed by atoms with E-state index >= 15 is 0 Å². The van der Waals surface area contributed by atoms with E-state index in [1.807, 2.05) is 23.5 Å². The molecule has 4 heteroatoms. The molecule has 0 aliphatic carbocycles. The summed E-state index contributed by atoms with van der Waals surface area (Å²) in [5.41, 5.74) is 9.75. The average molecular weight is 732 g/mol. The Hall–Kier alpha value is -7.14. The second-order valence-electron chi connectivity index (χ2n) is 14.2. The minimum absolute atomic E-state index is 0.730. The first kappa shape index (κ1) is 32.3. The van der Waals surface area contributed by atoms with Gasteiger partial charge in [-0.25, -0.2) is 9.97 Å². The van der Waals surface area contributed by atoms with Crippen molar-refractivity contribution in [2.24, 2.45) is 0 Å². The number of benzene rings is 9. The van der Waals surface area contributed by atoms with Gasteiger partial charge in [-0.05, 0) is 69.8 Å². The molecule has 3 nitrogen and oxygen atoms in total. The Morgan fingerprint density at radius 3 is 1.80 bits per heavy atom. The summed E-state index contributed by atoms with van der Waals surface area (Å²) in [6.07, 6.45) is 0. The Bertz CT molecular complexity index is 3240. The molecule has 0 aliphatic rings. The number of thiophene rings is 1. The second-order valence-corrected chi connectivity index (χ2v) is 15.3. The van der Waals surface area contributed by atoms with Gasteiger partial charge in [0.05, 0.1) is 16.9 Å². The minimum Gasteiger partial charge on any atom is -0.310 e. The van der Waals surface area contributed by atoms with E-state index in [2.05, 4.69) is 193 Å². The van der Waals surface area contributed by atoms with Crippen molar-refractivity contribution in [1.82, 2.24) is 9.97 Å². The van der Waals surface area contributed by atoms with Gasteiger partial charge in [0.25, 0.3) is 0 Å². The predicted molar refractivity (Wildman–Crippen MR) is 238 cm³/mol. The molecule has 0 saturated carbocycles. The van der Waals surface area contributed by atoms with Gasteiger partial charge < -0.3 is 4.90 Å². The van der Waals surface area contributed by atoms with Crippen LogP contribution in [0.25, 0.3) is 86.4 Å². The standard InChI is InChI=1S/C52H33N3S/c1-3-13-34(14-4-1)36-23-27-40(28-24-36)55(41-29-25-35-15-7-8-18-38(35)31-41)47-33-49-50(43-20-10-9-19-42(43)47)45-30-26-39(32-48(45)56-49)52-53-46-22-12-11-21-44(46)51(54-52)37-16-5-2-6-17-37/h1-33H. The minimum atomic E-state index is 0.730. The van der Waals surface area contributed by atoms with Crippen LogP contribution in [0.4, 0.5) is 17.1 Å². The van der Waals surface area contributed by atoms with Crippen LogP contribution >= 0.6 is 11.3 Å². The summed E-state index contributed by atoms with van der Waals surface area (Å²) in [5.74, 6) is 0.730. The smallest absolute Gasteiger partial charge is 0.160 e. The van der Waals surface area contributed by atoms with E-state index in [9.17, 15) is 0 Å². The molecule has 0 N–H and O–H groups in total. The highest BCUT2D eigenvalue weighted by Crippen LogP contribution is 2.47. The third-order valence-electron chi connectivity index (χ3n) is 10.8. The normalized spacial score (nSPS) is 11.6. The zero-order valence-electron chi connectivity index (χ0n) is 30.3. The highest BCUT2D eigenvalue weighted by atomic mass is 32.1. The predicted octanol–water partition coefficient (Wildman–Crippen LogP) is 14.8. The van der Waals surface area contributed by atoms with Crippen LogP contribution in [0.1, 0.15) is 0 Å². The van der Waals surface area contributed by atoms with Gasteiger partial charge in [0.15, 0.2) is 5.82 Å². The molecule has 2 aromatic heterocycles. The highest BCUT2D eigenvalue weighted by molar-refractivity contribution is 7.26. The molecular formula is C52H33N3S. The van der Waals surface area contributed by atoms with E-state index < -0.39 is 0 Å². The van der Waals surface area contributed by atoms with Gasteiger partial charge >= 0.3 is 0 Å². The fourth-order valence-electron chi connectivity index (χ4n) is 8.14. The Morgan fingerprint density at radius 2 is 1.00 bits per heavy atom. The number of anilines is 3. The fourth-order valence-corrected chi connectivity index (χ4v) is 9.34. The van der Waals surface area contributed by atoms with Gasteiger partial charge in [-0.3, -0.25) is 0 Å². The van der Waals surface area contributed by atoms with Gasteiger partial charge in [-0.15, -0.1) is 11.3 Å². The van der Waals surface area contributed by atoms with Crippen LogP contribution in [-0.4, -0.2) is 9.97 Å². The molecule has 56 heavy (non-hydrogen) atoms. The summed E-state index contributed by atoms with van der Waals surface area (Å²) in [6.45, 7) is 0. The van der Waals surface area contributed by atoms with Crippen LogP contribution < -0.4 is 4.90 Å². The van der Waals surface area contributed by atoms with Crippen LogP contribution in [0.15, 0.2) is 200 Å². The quantitative estimate of drug-likeness (QED) is 0.170. The van der Waals surface area contributed by atoms with Crippen molar-refractivity contribution in [2.75, 3.05) is 4.90 Å². The Labute approximate surface area is 328 Å². The molecule has 0 unspecified atom stereocenters. The van der Waals surface area contributed by atoms with Crippen molar-refractivity contribution in [3.63, 3.8) is 0 Å². The van der Waals surface area contributed by atoms with E-state index in [1.54, 1.807) is 0 Å². The molecule has 0 amide bonds. The van der Waals surface area contributed by atoms with E-state index in [-0.39, 0.29) is 0 Å². The summed E-state index contributed by atoms with van der Waals surface area (Å²) in [4.78, 5) is 12.7. The van der Waals surface area contributed by atoms with Gasteiger partial charge in [0, 0.05) is 53.4 Å². The molecule has 0 fully saturated rings. The van der Waals surface area contributed by atoms with Crippen molar-refractivity contribution < 1.29 is 0 Å². The maximum Gasteiger partial charge on any atom is 0.160 e. The maximum absolute atomic E-state index is 5.19. The Balaban J connectivity index is 1.10. The SMILES string of the molecule is c1ccc(-c2ccc(N(c3ccc4ccccc4c3)c3cc4sc5cc(-c6nc(-c7ccccc7)c7ccccc7n6)ccc5c4c4ccccc34)cc2)cc1. The molecule has 0 bridgehead atoms. The zero-order chi connectivity index (χ0) is 37.0. The van der Waals surface area contributed by atoms with E-state index in [0.29, 0.717) is 0 Å². The molecule has 262 valence electrons. The molecule has 0 aliphatic heterocycles. The lowest BCUT2D eigenvalue weighted by Gasteiger charge is -2.27. The Morgan fingerprint density at radius 1 is 0.375 bits per heavy atom. The number of aromatic nitrogens is 2. The average Bonchev–Trinajstić information content (AvgIpc) is 3.65. The lowest BCUT2D eigenvalue weighted by Crippen LogP contribution is -2.10. The van der Waals surface area contributed by atoms with Crippen molar-refractivity contribution in [2.45, 2.75) is 0 Å². The summed E-state index contributed by atoms with van der Waals surface area (Å²) in [6, 6.07) is 71.6. The van der Waals surface area contributed by atoms with E-state index in [4.69, 9.17) is 9.97 Å². The first-order valence-electron chi connectivity index (χ1n) is 18.9. The lowest BCUT2D eigenvalue weighted by atomic mass is 9.99. The molecule has 0 saturated heterocycles. The summed E-state index contributed by atoms with van der Waals surface area (Å²) < 4.78 is 2.45.